The zero-order valence-electron chi connectivity index (χ0n) is 7.79. The second kappa shape index (κ2) is 5.10. The molecule has 0 aliphatic carbocycles. The van der Waals surface area contributed by atoms with Crippen LogP contribution in [0.1, 0.15) is 13.8 Å². The Balaban J connectivity index is 2.49. The van der Waals surface area contributed by atoms with E-state index in [1.54, 1.807) is 12.1 Å². The van der Waals surface area contributed by atoms with Crippen LogP contribution in [-0.4, -0.2) is 12.9 Å². The van der Waals surface area contributed by atoms with Gasteiger partial charge in [0, 0.05) is 11.6 Å². The summed E-state index contributed by atoms with van der Waals surface area (Å²) in [5, 5.41) is 0.705. The van der Waals surface area contributed by atoms with E-state index in [4.69, 9.17) is 21.1 Å². The van der Waals surface area contributed by atoms with Gasteiger partial charge >= 0.3 is 0 Å². The molecule has 2 nitrogen and oxygen atoms in total. The second-order valence-corrected chi connectivity index (χ2v) is 3.03. The van der Waals surface area contributed by atoms with Crippen molar-refractivity contribution >= 4 is 11.6 Å². The first kappa shape index (κ1) is 10.4. The normalized spacial score (nSPS) is 12.5. The zero-order valence-corrected chi connectivity index (χ0v) is 8.54. The predicted molar refractivity (Wildman–Crippen MR) is 53.2 cm³/mol. The molecule has 0 aromatic heterocycles. The first-order valence-corrected chi connectivity index (χ1v) is 4.64. The molecule has 0 saturated carbocycles. The molecule has 0 radical (unpaired) electrons. The van der Waals surface area contributed by atoms with Gasteiger partial charge in [-0.2, -0.15) is 0 Å². The number of halogens is 1. The van der Waals surface area contributed by atoms with Crippen molar-refractivity contribution in [3.05, 3.63) is 29.3 Å². The molecule has 0 heterocycles. The topological polar surface area (TPSA) is 18.5 Å². The Morgan fingerprint density at radius 2 is 1.92 bits per heavy atom. The minimum absolute atomic E-state index is 0.217. The molecular weight excluding hydrogens is 188 g/mol. The van der Waals surface area contributed by atoms with Crippen molar-refractivity contribution in [2.45, 2.75) is 20.1 Å². The molecule has 1 unspecified atom stereocenters. The van der Waals surface area contributed by atoms with Crippen LogP contribution in [0, 0.1) is 0 Å². The Bertz CT molecular complexity index is 246. The molecule has 0 N–H and O–H groups in total. The summed E-state index contributed by atoms with van der Waals surface area (Å²) in [7, 11) is 0. The molecule has 0 aliphatic rings. The van der Waals surface area contributed by atoms with Crippen LogP contribution in [0.5, 0.6) is 5.75 Å². The fourth-order valence-corrected chi connectivity index (χ4v) is 1.10. The lowest BCUT2D eigenvalue weighted by Crippen LogP contribution is -2.15. The van der Waals surface area contributed by atoms with Crippen LogP contribution >= 0.6 is 11.6 Å². The highest BCUT2D eigenvalue weighted by Crippen LogP contribution is 2.16. The van der Waals surface area contributed by atoms with Crippen molar-refractivity contribution in [3.63, 3.8) is 0 Å². The van der Waals surface area contributed by atoms with Crippen LogP contribution in [0.3, 0.4) is 0 Å². The van der Waals surface area contributed by atoms with Crippen molar-refractivity contribution in [2.75, 3.05) is 6.61 Å². The van der Waals surface area contributed by atoms with Gasteiger partial charge < -0.3 is 9.47 Å². The maximum atomic E-state index is 5.72. The van der Waals surface area contributed by atoms with E-state index in [0.29, 0.717) is 11.6 Å². The van der Waals surface area contributed by atoms with Gasteiger partial charge in [-0.25, -0.2) is 0 Å². The number of hydrogen-bond acceptors (Lipinski definition) is 2. The van der Waals surface area contributed by atoms with E-state index in [2.05, 4.69) is 0 Å². The van der Waals surface area contributed by atoms with Crippen molar-refractivity contribution in [2.24, 2.45) is 0 Å². The first-order valence-electron chi connectivity index (χ1n) is 4.26. The van der Waals surface area contributed by atoms with Gasteiger partial charge in [-0.3, -0.25) is 0 Å². The zero-order chi connectivity index (χ0) is 9.68. The summed E-state index contributed by atoms with van der Waals surface area (Å²) in [6, 6.07) is 7.21. The van der Waals surface area contributed by atoms with Gasteiger partial charge in [-0.1, -0.05) is 11.6 Å². The van der Waals surface area contributed by atoms with Gasteiger partial charge in [0.05, 0.1) is 0 Å². The van der Waals surface area contributed by atoms with Crippen LogP contribution in [0.2, 0.25) is 5.02 Å². The summed E-state index contributed by atoms with van der Waals surface area (Å²) in [6.45, 7) is 4.44. The van der Waals surface area contributed by atoms with E-state index >= 15 is 0 Å². The highest BCUT2D eigenvalue weighted by molar-refractivity contribution is 6.30. The molecule has 1 atom stereocenters. The molecule has 0 aliphatic heterocycles. The van der Waals surface area contributed by atoms with Crippen molar-refractivity contribution < 1.29 is 9.47 Å². The molecule has 1 aromatic rings. The molecule has 3 heteroatoms. The number of ether oxygens (including phenoxy) is 2. The monoisotopic (exact) mass is 200 g/mol. The lowest BCUT2D eigenvalue weighted by atomic mass is 10.3. The molecule has 0 fully saturated rings. The third-order valence-electron chi connectivity index (χ3n) is 1.52. The lowest BCUT2D eigenvalue weighted by molar-refractivity contribution is -0.0613. The predicted octanol–water partition coefficient (Wildman–Crippen LogP) is 3.10. The fraction of sp³-hybridized carbons (Fsp3) is 0.400. The van der Waals surface area contributed by atoms with Crippen LogP contribution < -0.4 is 4.74 Å². The number of rotatable bonds is 4. The molecule has 0 amide bonds. The molecule has 0 saturated heterocycles. The summed E-state index contributed by atoms with van der Waals surface area (Å²) in [4.78, 5) is 0. The van der Waals surface area contributed by atoms with Gasteiger partial charge in [0.1, 0.15) is 5.75 Å². The number of benzene rings is 1. The van der Waals surface area contributed by atoms with E-state index < -0.39 is 0 Å². The smallest absolute Gasteiger partial charge is 0.196 e. The van der Waals surface area contributed by atoms with E-state index in [-0.39, 0.29) is 6.29 Å². The van der Waals surface area contributed by atoms with E-state index in [1.807, 2.05) is 26.0 Å². The molecule has 72 valence electrons. The molecule has 1 aromatic carbocycles. The molecule has 13 heavy (non-hydrogen) atoms. The Morgan fingerprint density at radius 3 is 2.46 bits per heavy atom. The van der Waals surface area contributed by atoms with E-state index in [9.17, 15) is 0 Å². The molecule has 0 bridgehead atoms. The average Bonchev–Trinajstić information content (AvgIpc) is 2.09. The molecular formula is C10H13ClO2. The van der Waals surface area contributed by atoms with E-state index in [1.165, 1.54) is 0 Å². The minimum atomic E-state index is -0.217. The number of hydrogen-bond donors (Lipinski definition) is 0. The summed E-state index contributed by atoms with van der Waals surface area (Å²) < 4.78 is 10.6. The third kappa shape index (κ3) is 3.66. The quantitative estimate of drug-likeness (QED) is 0.696. The van der Waals surface area contributed by atoms with Gasteiger partial charge in [0.25, 0.3) is 0 Å². The standard InChI is InChI=1S/C10H13ClO2/c1-3-12-8(2)13-10-6-4-9(11)5-7-10/h4-8H,3H2,1-2H3. The second-order valence-electron chi connectivity index (χ2n) is 2.59. The third-order valence-corrected chi connectivity index (χ3v) is 1.77. The average molecular weight is 201 g/mol. The molecule has 0 spiro atoms. The fourth-order valence-electron chi connectivity index (χ4n) is 0.974. The lowest BCUT2D eigenvalue weighted by Gasteiger charge is -2.13. The van der Waals surface area contributed by atoms with Gasteiger partial charge in [0.15, 0.2) is 6.29 Å². The SMILES string of the molecule is CCOC(C)Oc1ccc(Cl)cc1. The highest BCUT2D eigenvalue weighted by Gasteiger charge is 2.01. The minimum Gasteiger partial charge on any atom is -0.465 e. The maximum absolute atomic E-state index is 5.72. The van der Waals surface area contributed by atoms with Crippen molar-refractivity contribution in [1.82, 2.24) is 0 Å². The summed E-state index contributed by atoms with van der Waals surface area (Å²) in [5.41, 5.74) is 0. The summed E-state index contributed by atoms with van der Waals surface area (Å²) in [6.07, 6.45) is -0.217. The Labute approximate surface area is 83.4 Å². The molecule has 1 rings (SSSR count). The van der Waals surface area contributed by atoms with Crippen LogP contribution in [-0.2, 0) is 4.74 Å². The van der Waals surface area contributed by atoms with Crippen LogP contribution in [0.4, 0.5) is 0 Å². The summed E-state index contributed by atoms with van der Waals surface area (Å²) in [5.74, 6) is 0.769. The van der Waals surface area contributed by atoms with Crippen molar-refractivity contribution in [3.8, 4) is 5.75 Å². The highest BCUT2D eigenvalue weighted by atomic mass is 35.5. The Hall–Kier alpha value is -0.730. The summed E-state index contributed by atoms with van der Waals surface area (Å²) >= 11 is 5.72. The maximum Gasteiger partial charge on any atom is 0.196 e. The first-order chi connectivity index (χ1) is 6.22. The van der Waals surface area contributed by atoms with Crippen LogP contribution in [0.15, 0.2) is 24.3 Å². The van der Waals surface area contributed by atoms with Gasteiger partial charge in [-0.05, 0) is 38.1 Å². The van der Waals surface area contributed by atoms with E-state index in [0.717, 1.165) is 5.75 Å². The Morgan fingerprint density at radius 1 is 1.31 bits per heavy atom. The Kier molecular flexibility index (Phi) is 4.06. The van der Waals surface area contributed by atoms with Crippen molar-refractivity contribution in [1.29, 1.82) is 0 Å². The largest absolute Gasteiger partial charge is 0.465 e. The van der Waals surface area contributed by atoms with Gasteiger partial charge in [0.2, 0.25) is 0 Å². The van der Waals surface area contributed by atoms with Crippen LogP contribution in [0.25, 0.3) is 0 Å². The van der Waals surface area contributed by atoms with Gasteiger partial charge in [-0.15, -0.1) is 0 Å².